The summed E-state index contributed by atoms with van der Waals surface area (Å²) >= 11 is 0. The molecule has 0 saturated carbocycles. The second-order valence-corrected chi connectivity index (χ2v) is 4.47. The van der Waals surface area contributed by atoms with Crippen molar-refractivity contribution < 1.29 is 14.2 Å². The maximum absolute atomic E-state index is 13.0. The highest BCUT2D eigenvalue weighted by Gasteiger charge is 2.32. The summed E-state index contributed by atoms with van der Waals surface area (Å²) in [6.07, 6.45) is 0.372. The molecular formula is C13H17FO2. The molecule has 1 aromatic carbocycles. The summed E-state index contributed by atoms with van der Waals surface area (Å²) in [5, 5.41) is 10.3. The van der Waals surface area contributed by atoms with Gasteiger partial charge in [0, 0.05) is 12.5 Å². The second kappa shape index (κ2) is 4.52. The fourth-order valence-corrected chi connectivity index (χ4v) is 2.36. The summed E-state index contributed by atoms with van der Waals surface area (Å²) in [6.45, 7) is 4.49. The first-order chi connectivity index (χ1) is 7.59. The van der Waals surface area contributed by atoms with Crippen LogP contribution in [0.4, 0.5) is 4.39 Å². The van der Waals surface area contributed by atoms with E-state index in [0.29, 0.717) is 6.61 Å². The number of aryl methyl sites for hydroxylation is 1. The molecule has 3 heteroatoms. The minimum Gasteiger partial charge on any atom is -0.388 e. The smallest absolute Gasteiger partial charge is 0.123 e. The van der Waals surface area contributed by atoms with E-state index >= 15 is 0 Å². The predicted octanol–water partition coefficient (Wildman–Crippen LogP) is 2.59. The Labute approximate surface area is 95.1 Å². The molecule has 0 amide bonds. The lowest BCUT2D eigenvalue weighted by molar-refractivity contribution is 0.0428. The van der Waals surface area contributed by atoms with Crippen molar-refractivity contribution in [2.24, 2.45) is 5.92 Å². The first-order valence-corrected chi connectivity index (χ1v) is 5.65. The molecule has 0 spiro atoms. The summed E-state index contributed by atoms with van der Waals surface area (Å²) in [5.41, 5.74) is 1.61. The number of aliphatic hydroxyl groups excluding tert-OH is 1. The van der Waals surface area contributed by atoms with Gasteiger partial charge in [0.15, 0.2) is 0 Å². The first-order valence-electron chi connectivity index (χ1n) is 5.65. The van der Waals surface area contributed by atoms with Crippen LogP contribution < -0.4 is 0 Å². The van der Waals surface area contributed by atoms with Crippen LogP contribution in [-0.4, -0.2) is 17.8 Å². The molecule has 16 heavy (non-hydrogen) atoms. The Morgan fingerprint density at radius 3 is 2.81 bits per heavy atom. The van der Waals surface area contributed by atoms with Gasteiger partial charge in [-0.3, -0.25) is 0 Å². The van der Waals surface area contributed by atoms with Gasteiger partial charge in [-0.15, -0.1) is 0 Å². The van der Waals surface area contributed by atoms with E-state index < -0.39 is 6.10 Å². The Balaban J connectivity index is 2.23. The molecular weight excluding hydrogens is 207 g/mol. The molecule has 3 atom stereocenters. The van der Waals surface area contributed by atoms with Crippen LogP contribution in [0.1, 0.15) is 30.6 Å². The fraction of sp³-hybridized carbons (Fsp3) is 0.538. The fourth-order valence-electron chi connectivity index (χ4n) is 2.36. The van der Waals surface area contributed by atoms with Gasteiger partial charge in [-0.1, -0.05) is 6.07 Å². The van der Waals surface area contributed by atoms with Gasteiger partial charge in [0.25, 0.3) is 0 Å². The highest BCUT2D eigenvalue weighted by atomic mass is 19.1. The molecule has 0 aliphatic carbocycles. The van der Waals surface area contributed by atoms with Gasteiger partial charge < -0.3 is 9.84 Å². The number of halogens is 1. The SMILES string of the molecule is Cc1cc(F)ccc1C(O)C1CCOC1C. The first kappa shape index (κ1) is 11.6. The van der Waals surface area contributed by atoms with Crippen LogP contribution in [0.5, 0.6) is 0 Å². The highest BCUT2D eigenvalue weighted by Crippen LogP contribution is 2.34. The van der Waals surface area contributed by atoms with E-state index in [4.69, 9.17) is 4.74 Å². The third kappa shape index (κ3) is 2.11. The molecule has 1 N–H and O–H groups in total. The number of hydrogen-bond acceptors (Lipinski definition) is 2. The molecule has 1 aliphatic heterocycles. The lowest BCUT2D eigenvalue weighted by Crippen LogP contribution is -2.20. The van der Waals surface area contributed by atoms with Gasteiger partial charge in [-0.05, 0) is 43.5 Å². The topological polar surface area (TPSA) is 29.5 Å². The van der Waals surface area contributed by atoms with Crippen LogP contribution in [-0.2, 0) is 4.74 Å². The molecule has 0 bridgehead atoms. The Bertz CT molecular complexity index is 378. The van der Waals surface area contributed by atoms with E-state index in [-0.39, 0.29) is 17.8 Å². The minimum atomic E-state index is -0.557. The number of ether oxygens (including phenoxy) is 1. The molecule has 1 fully saturated rings. The van der Waals surface area contributed by atoms with E-state index in [1.54, 1.807) is 6.07 Å². The number of aliphatic hydroxyl groups is 1. The molecule has 88 valence electrons. The van der Waals surface area contributed by atoms with Crippen LogP contribution in [0.3, 0.4) is 0 Å². The lowest BCUT2D eigenvalue weighted by Gasteiger charge is -2.22. The maximum atomic E-state index is 13.0. The lowest BCUT2D eigenvalue weighted by atomic mass is 9.89. The van der Waals surface area contributed by atoms with E-state index in [2.05, 4.69) is 0 Å². The standard InChI is InChI=1S/C13H17FO2/c1-8-7-10(14)3-4-11(8)13(15)12-5-6-16-9(12)2/h3-4,7,9,12-13,15H,5-6H2,1-2H3. The van der Waals surface area contributed by atoms with Crippen molar-refractivity contribution in [2.45, 2.75) is 32.5 Å². The molecule has 2 nitrogen and oxygen atoms in total. The molecule has 1 aromatic rings. The van der Waals surface area contributed by atoms with E-state index in [1.807, 2.05) is 13.8 Å². The Morgan fingerprint density at radius 2 is 2.25 bits per heavy atom. The van der Waals surface area contributed by atoms with Crippen molar-refractivity contribution in [2.75, 3.05) is 6.61 Å². The third-order valence-corrected chi connectivity index (χ3v) is 3.39. The van der Waals surface area contributed by atoms with Crippen molar-refractivity contribution >= 4 is 0 Å². The molecule has 2 rings (SSSR count). The predicted molar refractivity (Wildman–Crippen MR) is 59.6 cm³/mol. The summed E-state index contributed by atoms with van der Waals surface area (Å²) in [5.74, 6) is -0.145. The van der Waals surface area contributed by atoms with Crippen molar-refractivity contribution in [1.29, 1.82) is 0 Å². The molecule has 1 heterocycles. The largest absolute Gasteiger partial charge is 0.388 e. The molecule has 0 radical (unpaired) electrons. The molecule has 1 aliphatic rings. The Morgan fingerprint density at radius 1 is 1.50 bits per heavy atom. The Kier molecular flexibility index (Phi) is 3.26. The maximum Gasteiger partial charge on any atom is 0.123 e. The average molecular weight is 224 g/mol. The molecule has 1 saturated heterocycles. The quantitative estimate of drug-likeness (QED) is 0.836. The van der Waals surface area contributed by atoms with Gasteiger partial charge in [0.2, 0.25) is 0 Å². The van der Waals surface area contributed by atoms with E-state index in [1.165, 1.54) is 12.1 Å². The third-order valence-electron chi connectivity index (χ3n) is 3.39. The monoisotopic (exact) mass is 224 g/mol. The average Bonchev–Trinajstić information content (AvgIpc) is 2.63. The van der Waals surface area contributed by atoms with Crippen LogP contribution in [0.2, 0.25) is 0 Å². The van der Waals surface area contributed by atoms with Crippen molar-refractivity contribution in [1.82, 2.24) is 0 Å². The van der Waals surface area contributed by atoms with E-state index in [0.717, 1.165) is 17.5 Å². The van der Waals surface area contributed by atoms with Crippen LogP contribution in [0.25, 0.3) is 0 Å². The van der Waals surface area contributed by atoms with Gasteiger partial charge in [0.1, 0.15) is 5.82 Å². The summed E-state index contributed by atoms with van der Waals surface area (Å²) in [7, 11) is 0. The molecule has 3 unspecified atom stereocenters. The van der Waals surface area contributed by atoms with Crippen molar-refractivity contribution in [3.8, 4) is 0 Å². The van der Waals surface area contributed by atoms with Gasteiger partial charge in [-0.2, -0.15) is 0 Å². The summed E-state index contributed by atoms with van der Waals surface area (Å²) < 4.78 is 18.4. The minimum absolute atomic E-state index is 0.0689. The summed E-state index contributed by atoms with van der Waals surface area (Å²) in [4.78, 5) is 0. The zero-order valence-electron chi connectivity index (χ0n) is 9.61. The van der Waals surface area contributed by atoms with Gasteiger partial charge in [0.05, 0.1) is 12.2 Å². The van der Waals surface area contributed by atoms with Crippen LogP contribution in [0.15, 0.2) is 18.2 Å². The number of rotatable bonds is 2. The number of benzene rings is 1. The van der Waals surface area contributed by atoms with Crippen LogP contribution in [0, 0.1) is 18.7 Å². The van der Waals surface area contributed by atoms with Crippen LogP contribution >= 0.6 is 0 Å². The van der Waals surface area contributed by atoms with Crippen molar-refractivity contribution in [3.05, 3.63) is 35.1 Å². The zero-order chi connectivity index (χ0) is 11.7. The normalized spacial score (nSPS) is 27.0. The Hall–Kier alpha value is -0.930. The van der Waals surface area contributed by atoms with Gasteiger partial charge >= 0.3 is 0 Å². The zero-order valence-corrected chi connectivity index (χ0v) is 9.61. The van der Waals surface area contributed by atoms with Crippen molar-refractivity contribution in [3.63, 3.8) is 0 Å². The second-order valence-electron chi connectivity index (χ2n) is 4.47. The summed E-state index contributed by atoms with van der Waals surface area (Å²) in [6, 6.07) is 4.52. The van der Waals surface area contributed by atoms with E-state index in [9.17, 15) is 9.50 Å². The molecule has 0 aromatic heterocycles. The number of hydrogen-bond donors (Lipinski definition) is 1. The van der Waals surface area contributed by atoms with Gasteiger partial charge in [-0.25, -0.2) is 4.39 Å². The highest BCUT2D eigenvalue weighted by molar-refractivity contribution is 5.29.